The number of rotatable bonds is 0. The number of benzene rings is 1. The summed E-state index contributed by atoms with van der Waals surface area (Å²) in [5, 5.41) is 0. The molecule has 0 saturated heterocycles. The van der Waals surface area contributed by atoms with Crippen LogP contribution in [0, 0.1) is 17.7 Å². The van der Waals surface area contributed by atoms with E-state index in [1.54, 1.807) is 0 Å². The molecule has 3 heteroatoms. The summed E-state index contributed by atoms with van der Waals surface area (Å²) in [6.07, 6.45) is 0. The average molecular weight is 121 g/mol. The normalized spacial score (nSPS) is 8.22. The van der Waals surface area contributed by atoms with Crippen LogP contribution in [-0.4, -0.2) is 18.9 Å². The second-order valence-electron chi connectivity index (χ2n) is 1.35. The fourth-order valence-electron chi connectivity index (χ4n) is 0.412. The molecule has 0 aliphatic carbocycles. The van der Waals surface area contributed by atoms with Crippen molar-refractivity contribution in [1.82, 2.24) is 0 Å². The first-order valence-corrected chi connectivity index (χ1v) is 2.12. The van der Waals surface area contributed by atoms with E-state index in [9.17, 15) is 8.78 Å². The molecule has 0 amide bonds. The van der Waals surface area contributed by atoms with E-state index in [2.05, 4.69) is 6.07 Å². The van der Waals surface area contributed by atoms with Crippen molar-refractivity contribution in [3.8, 4) is 0 Å². The van der Waals surface area contributed by atoms with Gasteiger partial charge in [0.25, 0.3) is 0 Å². The van der Waals surface area contributed by atoms with Gasteiger partial charge in [0.15, 0.2) is 0 Å². The fourth-order valence-corrected chi connectivity index (χ4v) is 0.412. The maximum atomic E-state index is 11.9. The molecule has 0 aliphatic heterocycles. The molecule has 0 saturated carbocycles. The van der Waals surface area contributed by atoms with Crippen LogP contribution in [-0.2, 0) is 0 Å². The zero-order valence-electron chi connectivity index (χ0n) is 3.99. The summed E-state index contributed by atoms with van der Waals surface area (Å²) in [4.78, 5) is 0. The molecule has 1 aromatic rings. The van der Waals surface area contributed by atoms with E-state index in [4.69, 9.17) is 0 Å². The van der Waals surface area contributed by atoms with E-state index >= 15 is 0 Å². The van der Waals surface area contributed by atoms with Crippen LogP contribution in [0.25, 0.3) is 0 Å². The van der Waals surface area contributed by atoms with Crippen LogP contribution in [0.2, 0.25) is 0 Å². The zero-order chi connectivity index (χ0) is 5.98. The molecule has 9 heavy (non-hydrogen) atoms. The Balaban J connectivity index is 0.000000640. The predicted molar refractivity (Wildman–Crippen MR) is 32.3 cm³/mol. The Bertz CT molecular complexity index is 171. The molecular formula is C6H4F2Li. The molecule has 0 bridgehead atoms. The van der Waals surface area contributed by atoms with Crippen LogP contribution in [0.15, 0.2) is 18.2 Å². The first-order chi connectivity index (χ1) is 3.79. The third-order valence-corrected chi connectivity index (χ3v) is 0.728. The van der Waals surface area contributed by atoms with Crippen molar-refractivity contribution in [1.29, 1.82) is 0 Å². The summed E-state index contributed by atoms with van der Waals surface area (Å²) in [7, 11) is 0. The van der Waals surface area contributed by atoms with Gasteiger partial charge in [-0.25, -0.2) is 8.78 Å². The van der Waals surface area contributed by atoms with Gasteiger partial charge < -0.3 is 0 Å². The van der Waals surface area contributed by atoms with Gasteiger partial charge in [0, 0.05) is 12.1 Å². The first kappa shape index (κ1) is 8.68. The van der Waals surface area contributed by atoms with Gasteiger partial charge in [-0.05, 0) is 12.1 Å². The summed E-state index contributed by atoms with van der Waals surface area (Å²) < 4.78 is 23.8. The Morgan fingerprint density at radius 3 is 2.33 bits per heavy atom. The van der Waals surface area contributed by atoms with Gasteiger partial charge in [-0.15, -0.1) is 0 Å². The standard InChI is InChI=1S/C6H3F2.Li.H/c7-5-2-1-3-6(8)4-5;;/h1-2,4H;;. The minimum absolute atomic E-state index is 0. The van der Waals surface area contributed by atoms with E-state index in [0.29, 0.717) is 0 Å². The molecule has 0 aliphatic rings. The van der Waals surface area contributed by atoms with Crippen molar-refractivity contribution in [3.05, 3.63) is 35.9 Å². The Kier molecular flexibility index (Phi) is 3.52. The van der Waals surface area contributed by atoms with Gasteiger partial charge in [0.2, 0.25) is 0 Å². The Morgan fingerprint density at radius 2 is 2.00 bits per heavy atom. The van der Waals surface area contributed by atoms with Gasteiger partial charge in [0.1, 0.15) is 11.6 Å². The SMILES string of the molecule is Fc1[c]ccc(F)c1.[LiH]. The number of halogens is 2. The summed E-state index contributed by atoms with van der Waals surface area (Å²) in [5.74, 6) is -1.23. The molecule has 0 fully saturated rings. The maximum absolute atomic E-state index is 11.9. The third-order valence-electron chi connectivity index (χ3n) is 0.728. The molecule has 0 heterocycles. The molecule has 1 rings (SSSR count). The first-order valence-electron chi connectivity index (χ1n) is 2.12. The zero-order valence-corrected chi connectivity index (χ0v) is 3.99. The van der Waals surface area contributed by atoms with Gasteiger partial charge in [-0.1, -0.05) is 0 Å². The van der Waals surface area contributed by atoms with Gasteiger partial charge in [0.05, 0.1) is 0 Å². The fraction of sp³-hybridized carbons (Fsp3) is 0. The Morgan fingerprint density at radius 1 is 1.33 bits per heavy atom. The van der Waals surface area contributed by atoms with Crippen LogP contribution in [0.1, 0.15) is 0 Å². The summed E-state index contributed by atoms with van der Waals surface area (Å²) in [6, 6.07) is 5.28. The summed E-state index contributed by atoms with van der Waals surface area (Å²) in [6.45, 7) is 0. The van der Waals surface area contributed by atoms with Crippen molar-refractivity contribution < 1.29 is 8.78 Å². The molecule has 0 unspecified atom stereocenters. The van der Waals surface area contributed by atoms with Crippen molar-refractivity contribution in [2.45, 2.75) is 0 Å². The van der Waals surface area contributed by atoms with E-state index in [0.717, 1.165) is 12.1 Å². The van der Waals surface area contributed by atoms with Gasteiger partial charge in [-0.2, -0.15) is 0 Å². The molecular weight excluding hydrogens is 117 g/mol. The quantitative estimate of drug-likeness (QED) is 0.451. The average Bonchev–Trinajstić information content (AvgIpc) is 1.64. The van der Waals surface area contributed by atoms with Gasteiger partial charge >= 0.3 is 18.9 Å². The van der Waals surface area contributed by atoms with Crippen LogP contribution in [0.4, 0.5) is 8.78 Å². The number of hydrogen-bond acceptors (Lipinski definition) is 0. The van der Waals surface area contributed by atoms with Crippen molar-refractivity contribution in [2.24, 2.45) is 0 Å². The molecule has 0 N–H and O–H groups in total. The molecule has 0 aromatic heterocycles. The molecule has 1 radical (unpaired) electrons. The molecule has 0 spiro atoms. The van der Waals surface area contributed by atoms with Crippen molar-refractivity contribution >= 4 is 18.9 Å². The van der Waals surface area contributed by atoms with E-state index in [1.165, 1.54) is 6.07 Å². The topological polar surface area (TPSA) is 0 Å². The van der Waals surface area contributed by atoms with Crippen molar-refractivity contribution in [2.75, 3.05) is 0 Å². The predicted octanol–water partition coefficient (Wildman–Crippen LogP) is 1.12. The second kappa shape index (κ2) is 3.66. The Hall–Kier alpha value is -0.323. The molecule has 0 atom stereocenters. The van der Waals surface area contributed by atoms with Crippen LogP contribution >= 0.6 is 0 Å². The van der Waals surface area contributed by atoms with Crippen LogP contribution < -0.4 is 0 Å². The summed E-state index contributed by atoms with van der Waals surface area (Å²) >= 11 is 0. The van der Waals surface area contributed by atoms with Gasteiger partial charge in [-0.3, -0.25) is 0 Å². The monoisotopic (exact) mass is 121 g/mol. The van der Waals surface area contributed by atoms with E-state index < -0.39 is 11.6 Å². The van der Waals surface area contributed by atoms with E-state index in [1.807, 2.05) is 0 Å². The molecule has 0 nitrogen and oxygen atoms in total. The second-order valence-corrected chi connectivity index (χ2v) is 1.35. The minimum atomic E-state index is -0.662. The van der Waals surface area contributed by atoms with Crippen LogP contribution in [0.3, 0.4) is 0 Å². The van der Waals surface area contributed by atoms with E-state index in [-0.39, 0.29) is 18.9 Å². The third kappa shape index (κ3) is 2.64. The summed E-state index contributed by atoms with van der Waals surface area (Å²) in [5.41, 5.74) is 0. The molecule has 1 aromatic carbocycles. The van der Waals surface area contributed by atoms with Crippen LogP contribution in [0.5, 0.6) is 0 Å². The molecule has 43 valence electrons. The Labute approximate surface area is 64.1 Å². The number of hydrogen-bond donors (Lipinski definition) is 0. The van der Waals surface area contributed by atoms with Crippen molar-refractivity contribution in [3.63, 3.8) is 0 Å².